The van der Waals surface area contributed by atoms with Crippen molar-refractivity contribution in [3.63, 3.8) is 0 Å². The highest BCUT2D eigenvalue weighted by Gasteiger charge is 2.34. The maximum absolute atomic E-state index is 13.1. The third-order valence-electron chi connectivity index (χ3n) is 4.54. The highest BCUT2D eigenvalue weighted by atomic mass is 19.4. The van der Waals surface area contributed by atoms with Gasteiger partial charge in [-0.05, 0) is 38.4 Å². The number of fused-ring (bicyclic) bond motifs is 1. The van der Waals surface area contributed by atoms with Gasteiger partial charge in [-0.1, -0.05) is 30.3 Å². The molecule has 2 amide bonds. The van der Waals surface area contributed by atoms with Crippen LogP contribution in [0.2, 0.25) is 0 Å². The topological polar surface area (TPSA) is 74.6 Å². The summed E-state index contributed by atoms with van der Waals surface area (Å²) >= 11 is 0. The third kappa shape index (κ3) is 4.80. The van der Waals surface area contributed by atoms with Crippen LogP contribution in [0.25, 0.3) is 11.0 Å². The Hall–Kier alpha value is -3.33. The summed E-state index contributed by atoms with van der Waals surface area (Å²) in [6.45, 7) is 0.0278. The number of rotatable bonds is 5. The average molecular weight is 419 g/mol. The van der Waals surface area contributed by atoms with Gasteiger partial charge in [-0.15, -0.1) is 0 Å². The summed E-state index contributed by atoms with van der Waals surface area (Å²) in [5.41, 5.74) is -0.821. The monoisotopic (exact) mass is 419 g/mol. The van der Waals surface area contributed by atoms with Crippen molar-refractivity contribution in [2.75, 3.05) is 26.0 Å². The first-order chi connectivity index (χ1) is 14.2. The molecule has 0 saturated carbocycles. The molecule has 6 nitrogen and oxygen atoms in total. The van der Waals surface area contributed by atoms with E-state index in [1.165, 1.54) is 12.1 Å². The first kappa shape index (κ1) is 21.4. The lowest BCUT2D eigenvalue weighted by Crippen LogP contribution is -2.40. The lowest BCUT2D eigenvalue weighted by molar-refractivity contribution is -0.138. The number of hydrogen-bond donors (Lipinski definition) is 2. The zero-order valence-corrected chi connectivity index (χ0v) is 16.3. The second-order valence-corrected chi connectivity index (χ2v) is 6.87. The van der Waals surface area contributed by atoms with E-state index in [9.17, 15) is 22.8 Å². The second kappa shape index (κ2) is 8.58. The van der Waals surface area contributed by atoms with Crippen LogP contribution in [0.15, 0.2) is 59.0 Å². The second-order valence-electron chi connectivity index (χ2n) is 6.87. The summed E-state index contributed by atoms with van der Waals surface area (Å²) in [5.74, 6) is -1.65. The first-order valence-electron chi connectivity index (χ1n) is 9.07. The molecule has 2 N–H and O–H groups in total. The zero-order valence-electron chi connectivity index (χ0n) is 16.3. The summed E-state index contributed by atoms with van der Waals surface area (Å²) in [5, 5.41) is 5.37. The maximum atomic E-state index is 13.1. The number of anilines is 1. The predicted molar refractivity (Wildman–Crippen MR) is 106 cm³/mol. The van der Waals surface area contributed by atoms with Crippen LogP contribution < -0.4 is 10.6 Å². The van der Waals surface area contributed by atoms with Crippen molar-refractivity contribution in [1.82, 2.24) is 10.2 Å². The van der Waals surface area contributed by atoms with Gasteiger partial charge in [-0.3, -0.25) is 14.5 Å². The average Bonchev–Trinajstić information content (AvgIpc) is 3.11. The molecule has 0 aliphatic heterocycles. The minimum atomic E-state index is -4.66. The van der Waals surface area contributed by atoms with Crippen molar-refractivity contribution >= 4 is 28.5 Å². The molecule has 0 aliphatic carbocycles. The highest BCUT2D eigenvalue weighted by molar-refractivity contribution is 6.39. The van der Waals surface area contributed by atoms with Gasteiger partial charge in [0.05, 0.1) is 17.3 Å². The number of carbonyl (C=O) groups excluding carboxylic acids is 2. The Morgan fingerprint density at radius 3 is 2.37 bits per heavy atom. The predicted octanol–water partition coefficient (Wildman–Crippen LogP) is 3.81. The number of nitrogens with zero attached hydrogens (tertiary/aromatic N) is 1. The van der Waals surface area contributed by atoms with E-state index in [-0.39, 0.29) is 12.6 Å². The number of carbonyl (C=O) groups is 2. The minimum Gasteiger partial charge on any atom is -0.459 e. The van der Waals surface area contributed by atoms with Crippen molar-refractivity contribution in [3.8, 4) is 0 Å². The van der Waals surface area contributed by atoms with Crippen molar-refractivity contribution in [2.24, 2.45) is 0 Å². The Kier molecular flexibility index (Phi) is 6.12. The number of hydrogen-bond acceptors (Lipinski definition) is 4. The number of amides is 2. The van der Waals surface area contributed by atoms with Gasteiger partial charge in [0.1, 0.15) is 11.3 Å². The van der Waals surface area contributed by atoms with Crippen LogP contribution in [0.1, 0.15) is 17.4 Å². The molecule has 0 aliphatic rings. The number of para-hydroxylation sites is 2. The summed E-state index contributed by atoms with van der Waals surface area (Å²) in [6.07, 6.45) is -4.66. The van der Waals surface area contributed by atoms with Gasteiger partial charge in [0.15, 0.2) is 0 Å². The van der Waals surface area contributed by atoms with Crippen LogP contribution in [0, 0.1) is 0 Å². The smallest absolute Gasteiger partial charge is 0.418 e. The number of benzene rings is 2. The Morgan fingerprint density at radius 2 is 1.70 bits per heavy atom. The van der Waals surface area contributed by atoms with Crippen LogP contribution in [-0.2, 0) is 15.8 Å². The van der Waals surface area contributed by atoms with Crippen molar-refractivity contribution in [1.29, 1.82) is 0 Å². The van der Waals surface area contributed by atoms with E-state index in [0.29, 0.717) is 11.3 Å². The summed E-state index contributed by atoms with van der Waals surface area (Å²) < 4.78 is 45.0. The molecule has 1 heterocycles. The van der Waals surface area contributed by atoms with Gasteiger partial charge in [0, 0.05) is 11.9 Å². The maximum Gasteiger partial charge on any atom is 0.418 e. The number of furan rings is 1. The number of halogens is 3. The van der Waals surface area contributed by atoms with Crippen LogP contribution in [0.4, 0.5) is 18.9 Å². The Bertz CT molecular complexity index is 1030. The van der Waals surface area contributed by atoms with Crippen molar-refractivity contribution < 1.29 is 27.2 Å². The fourth-order valence-electron chi connectivity index (χ4n) is 2.99. The van der Waals surface area contributed by atoms with Crippen LogP contribution in [0.3, 0.4) is 0 Å². The normalized spacial score (nSPS) is 12.7. The molecule has 158 valence electrons. The Morgan fingerprint density at radius 1 is 1.03 bits per heavy atom. The fraction of sp³-hybridized carbons (Fsp3) is 0.238. The molecule has 0 unspecified atom stereocenters. The molecule has 2 aromatic carbocycles. The molecule has 0 saturated heterocycles. The van der Waals surface area contributed by atoms with Gasteiger partial charge in [-0.2, -0.15) is 13.2 Å². The lowest BCUT2D eigenvalue weighted by Gasteiger charge is -2.22. The van der Waals surface area contributed by atoms with Crippen molar-refractivity contribution in [2.45, 2.75) is 12.2 Å². The van der Waals surface area contributed by atoms with Gasteiger partial charge in [0.25, 0.3) is 0 Å². The molecule has 3 aromatic rings. The number of likely N-dealkylation sites (N-methyl/N-ethyl adjacent to an activating group) is 1. The number of nitrogens with one attached hydrogen (secondary N) is 2. The minimum absolute atomic E-state index is 0.0278. The summed E-state index contributed by atoms with van der Waals surface area (Å²) in [6, 6.07) is 13.3. The molecular weight excluding hydrogens is 399 g/mol. The molecule has 0 spiro atoms. The fourth-order valence-corrected chi connectivity index (χ4v) is 2.99. The molecule has 3 rings (SSSR count). The Balaban J connectivity index is 1.68. The van der Waals surface area contributed by atoms with Crippen molar-refractivity contribution in [3.05, 3.63) is 65.9 Å². The van der Waals surface area contributed by atoms with E-state index in [1.807, 2.05) is 35.6 Å². The summed E-state index contributed by atoms with van der Waals surface area (Å²) in [7, 11) is 3.56. The van der Waals surface area contributed by atoms with E-state index >= 15 is 0 Å². The van der Waals surface area contributed by atoms with Crippen LogP contribution in [-0.4, -0.2) is 37.4 Å². The van der Waals surface area contributed by atoms with Crippen LogP contribution in [0.5, 0.6) is 0 Å². The molecule has 0 bridgehead atoms. The van der Waals surface area contributed by atoms with Crippen LogP contribution >= 0.6 is 0 Å². The molecule has 0 fully saturated rings. The largest absolute Gasteiger partial charge is 0.459 e. The third-order valence-corrected chi connectivity index (χ3v) is 4.54. The molecule has 30 heavy (non-hydrogen) atoms. The van der Waals surface area contributed by atoms with E-state index in [1.54, 1.807) is 19.0 Å². The number of alkyl halides is 3. The van der Waals surface area contributed by atoms with Gasteiger partial charge >= 0.3 is 18.0 Å². The molecule has 9 heteroatoms. The highest BCUT2D eigenvalue weighted by Crippen LogP contribution is 2.34. The van der Waals surface area contributed by atoms with E-state index in [2.05, 4.69) is 5.32 Å². The van der Waals surface area contributed by atoms with E-state index < -0.39 is 29.2 Å². The van der Waals surface area contributed by atoms with E-state index in [4.69, 9.17) is 4.42 Å². The summed E-state index contributed by atoms with van der Waals surface area (Å²) in [4.78, 5) is 26.1. The van der Waals surface area contributed by atoms with Gasteiger partial charge < -0.3 is 15.1 Å². The first-order valence-corrected chi connectivity index (χ1v) is 9.07. The molecule has 0 radical (unpaired) electrons. The lowest BCUT2D eigenvalue weighted by atomic mass is 10.1. The van der Waals surface area contributed by atoms with Gasteiger partial charge in [-0.25, -0.2) is 0 Å². The van der Waals surface area contributed by atoms with Gasteiger partial charge in [0.2, 0.25) is 0 Å². The quantitative estimate of drug-likeness (QED) is 0.617. The molecular formula is C21H20F3N3O3. The van der Waals surface area contributed by atoms with E-state index in [0.717, 1.165) is 17.5 Å². The zero-order chi connectivity index (χ0) is 21.9. The standard InChI is InChI=1S/C21H20F3N3O3/c1-27(2)16(18-11-13-7-3-6-10-17(13)30-18)12-25-19(28)20(29)26-15-9-5-4-8-14(15)21(22,23)24/h3-11,16H,12H2,1-2H3,(H,25,28)(H,26,29)/t16-/m1/s1. The molecule has 1 atom stereocenters. The molecule has 1 aromatic heterocycles. The Labute approximate surface area is 170 Å². The SMILES string of the molecule is CN(C)[C@H](CNC(=O)C(=O)Nc1ccccc1C(F)(F)F)c1cc2ccccc2o1.